The van der Waals surface area contributed by atoms with Gasteiger partial charge in [-0.2, -0.15) is 0 Å². The summed E-state index contributed by atoms with van der Waals surface area (Å²) in [5, 5.41) is 7.19. The van der Waals surface area contributed by atoms with Gasteiger partial charge in [-0.05, 0) is 190 Å². The number of aromatic nitrogens is 1. The van der Waals surface area contributed by atoms with Crippen LogP contribution in [-0.4, -0.2) is 4.57 Å². The molecule has 3 heterocycles. The van der Waals surface area contributed by atoms with E-state index in [4.69, 9.17) is 4.42 Å². The monoisotopic (exact) mass is 1100 g/mol. The van der Waals surface area contributed by atoms with E-state index in [2.05, 4.69) is 301 Å². The first-order chi connectivity index (χ1) is 43.1. The van der Waals surface area contributed by atoms with Crippen LogP contribution >= 0.6 is 0 Å². The van der Waals surface area contributed by atoms with E-state index in [1.807, 2.05) is 12.1 Å². The van der Waals surface area contributed by atoms with Gasteiger partial charge in [0.1, 0.15) is 11.2 Å². The van der Waals surface area contributed by atoms with Gasteiger partial charge in [-0.25, -0.2) is 0 Å². The van der Waals surface area contributed by atoms with Crippen LogP contribution in [0.4, 0.5) is 17.1 Å². The molecule has 0 saturated carbocycles. The molecule has 14 aromatic carbocycles. The lowest BCUT2D eigenvalue weighted by atomic mass is 9.65. The van der Waals surface area contributed by atoms with Crippen LogP contribution in [0.25, 0.3) is 116 Å². The van der Waals surface area contributed by atoms with Gasteiger partial charge in [-0.15, -0.1) is 0 Å². The van der Waals surface area contributed by atoms with Crippen molar-refractivity contribution in [2.45, 2.75) is 10.8 Å². The number of rotatable bonds is 5. The SMILES string of the molecule is c1ccc2c(c1)-c1ccccc1C21c2ccccc2-c2ccc(N(c3ccc(-c4ccc5oc6ccccc6c5c4)cc3)c3ccc4cc(-c5ccc6c(c5)C5(c7ccccc7-6)c6ccccc6-n6c7ccccc7c7cccc5c76)ccc4c3)cc21. The third kappa shape index (κ3) is 6.09. The molecule has 16 aromatic rings. The zero-order valence-corrected chi connectivity index (χ0v) is 47.2. The van der Waals surface area contributed by atoms with Gasteiger partial charge in [0, 0.05) is 38.6 Å². The topological polar surface area (TPSA) is 21.3 Å². The minimum absolute atomic E-state index is 0.478. The molecule has 87 heavy (non-hydrogen) atoms. The van der Waals surface area contributed by atoms with Crippen LogP contribution in [0.2, 0.25) is 0 Å². The van der Waals surface area contributed by atoms with E-state index in [0.29, 0.717) is 0 Å². The smallest absolute Gasteiger partial charge is 0.135 e. The quantitative estimate of drug-likeness (QED) is 0.171. The maximum Gasteiger partial charge on any atom is 0.135 e. The Bertz CT molecular complexity index is 5620. The van der Waals surface area contributed by atoms with Gasteiger partial charge in [0.05, 0.1) is 27.6 Å². The first-order valence-corrected chi connectivity index (χ1v) is 30.3. The maximum atomic E-state index is 6.26. The molecule has 3 aliphatic carbocycles. The number of furan rings is 1. The van der Waals surface area contributed by atoms with Gasteiger partial charge in [-0.1, -0.05) is 224 Å². The van der Waals surface area contributed by atoms with Crippen LogP contribution in [0.1, 0.15) is 44.5 Å². The summed E-state index contributed by atoms with van der Waals surface area (Å²) in [5.41, 5.74) is 30.9. The fourth-order valence-corrected chi connectivity index (χ4v) is 16.7. The first-order valence-electron chi connectivity index (χ1n) is 30.3. The van der Waals surface area contributed by atoms with E-state index in [-0.39, 0.29) is 0 Å². The number of hydrogen-bond acceptors (Lipinski definition) is 2. The number of nitrogens with zero attached hydrogens (tertiary/aromatic N) is 2. The largest absolute Gasteiger partial charge is 0.456 e. The minimum atomic E-state index is -0.525. The predicted octanol–water partition coefficient (Wildman–Crippen LogP) is 21.7. The molecule has 2 aromatic heterocycles. The lowest BCUT2D eigenvalue weighted by molar-refractivity contribution is 0.669. The van der Waals surface area contributed by atoms with Crippen molar-refractivity contribution in [3.8, 4) is 61.3 Å². The van der Waals surface area contributed by atoms with Crippen molar-refractivity contribution in [1.29, 1.82) is 0 Å². The highest BCUT2D eigenvalue weighted by atomic mass is 16.3. The molecular formula is C84H50N2O. The Balaban J connectivity index is 0.745. The molecule has 0 saturated heterocycles. The predicted molar refractivity (Wildman–Crippen MR) is 358 cm³/mol. The summed E-state index contributed by atoms with van der Waals surface area (Å²) in [6.45, 7) is 0. The van der Waals surface area contributed by atoms with Crippen molar-refractivity contribution in [3.63, 3.8) is 0 Å². The molecule has 3 heteroatoms. The molecule has 0 amide bonds. The summed E-state index contributed by atoms with van der Waals surface area (Å²) in [6.07, 6.45) is 0. The van der Waals surface area contributed by atoms with Gasteiger partial charge in [0.15, 0.2) is 0 Å². The van der Waals surface area contributed by atoms with E-state index in [9.17, 15) is 0 Å². The van der Waals surface area contributed by atoms with E-state index in [1.165, 1.54) is 127 Å². The van der Waals surface area contributed by atoms with Crippen molar-refractivity contribution in [1.82, 2.24) is 4.57 Å². The fraction of sp³-hybridized carbons (Fsp3) is 0.0238. The highest BCUT2D eigenvalue weighted by Crippen LogP contribution is 2.65. The normalized spacial score (nSPS) is 15.0. The summed E-state index contributed by atoms with van der Waals surface area (Å²) in [5.74, 6) is 0. The number of para-hydroxylation sites is 4. The molecule has 3 nitrogen and oxygen atoms in total. The van der Waals surface area contributed by atoms with Gasteiger partial charge in [0.2, 0.25) is 0 Å². The third-order valence-corrected chi connectivity index (χ3v) is 20.2. The molecule has 1 unspecified atom stereocenters. The minimum Gasteiger partial charge on any atom is -0.456 e. The number of fused-ring (bicyclic) bond motifs is 26. The molecule has 4 aliphatic rings. The van der Waals surface area contributed by atoms with Crippen LogP contribution in [0, 0.1) is 0 Å². The molecule has 1 aliphatic heterocycles. The highest BCUT2D eigenvalue weighted by Gasteiger charge is 2.53. The average Bonchev–Trinajstić information content (AvgIpc) is 1.70. The standard InChI is InChI=1S/C84H50N2O/c1-7-23-70-60(16-1)61-17-2-8-24-71(61)83(70)72-25-9-3-19-63(72)65-44-42-59(50-77(65)83)85(57-39-34-51(35-40-57)55-38-45-81-69(48-55)67-21-6-14-31-80(67)87-81)58-41-36-53-46-52(32-33-54(53)47-58)56-37-43-64-62-18-4-10-26-73(62)84(76(64)49-56)74-27-11-13-30-79(74)86-78-29-12-5-20-66(78)68-22-15-28-75(84)82(68)86/h1-50H. The Morgan fingerprint density at radius 2 is 0.724 bits per heavy atom. The molecule has 0 fully saturated rings. The second kappa shape index (κ2) is 17.2. The number of anilines is 3. The zero-order chi connectivity index (χ0) is 56.7. The van der Waals surface area contributed by atoms with Crippen LogP contribution in [0.3, 0.4) is 0 Å². The van der Waals surface area contributed by atoms with Gasteiger partial charge in [-0.3, -0.25) is 0 Å². The lowest BCUT2D eigenvalue weighted by Crippen LogP contribution is -2.33. The second-order valence-corrected chi connectivity index (χ2v) is 24.2. The Morgan fingerprint density at radius 1 is 0.264 bits per heavy atom. The summed E-state index contributed by atoms with van der Waals surface area (Å²) < 4.78 is 8.78. The summed E-state index contributed by atoms with van der Waals surface area (Å²) in [7, 11) is 0. The molecule has 2 spiro atoms. The van der Waals surface area contributed by atoms with Crippen LogP contribution in [0.5, 0.6) is 0 Å². The zero-order valence-electron chi connectivity index (χ0n) is 47.2. The molecule has 402 valence electrons. The Kier molecular flexibility index (Phi) is 9.32. The van der Waals surface area contributed by atoms with E-state index >= 15 is 0 Å². The number of benzene rings is 14. The van der Waals surface area contributed by atoms with Crippen molar-refractivity contribution >= 4 is 71.6 Å². The van der Waals surface area contributed by atoms with Crippen molar-refractivity contribution < 1.29 is 4.42 Å². The van der Waals surface area contributed by atoms with Crippen molar-refractivity contribution in [2.75, 3.05) is 4.90 Å². The number of hydrogen-bond donors (Lipinski definition) is 0. The van der Waals surface area contributed by atoms with Gasteiger partial charge in [0.25, 0.3) is 0 Å². The maximum absolute atomic E-state index is 6.26. The Morgan fingerprint density at radius 3 is 1.46 bits per heavy atom. The molecule has 1 atom stereocenters. The van der Waals surface area contributed by atoms with Gasteiger partial charge < -0.3 is 13.9 Å². The van der Waals surface area contributed by atoms with Crippen molar-refractivity contribution in [3.05, 3.63) is 348 Å². The third-order valence-electron chi connectivity index (χ3n) is 20.2. The summed E-state index contributed by atoms with van der Waals surface area (Å²) in [4.78, 5) is 2.47. The highest BCUT2D eigenvalue weighted by molar-refractivity contribution is 6.13. The molecule has 20 rings (SSSR count). The summed E-state index contributed by atoms with van der Waals surface area (Å²) in [6, 6.07) is 114. The molecule has 0 radical (unpaired) electrons. The molecule has 0 N–H and O–H groups in total. The Hall–Kier alpha value is -11.3. The van der Waals surface area contributed by atoms with E-state index in [0.717, 1.165) is 50.1 Å². The summed E-state index contributed by atoms with van der Waals surface area (Å²) >= 11 is 0. The average molecular weight is 1100 g/mol. The fourth-order valence-electron chi connectivity index (χ4n) is 16.7. The Labute approximate surface area is 502 Å². The van der Waals surface area contributed by atoms with E-state index in [1.54, 1.807) is 0 Å². The molecular weight excluding hydrogens is 1050 g/mol. The van der Waals surface area contributed by atoms with Crippen LogP contribution < -0.4 is 4.90 Å². The van der Waals surface area contributed by atoms with E-state index < -0.39 is 10.8 Å². The van der Waals surface area contributed by atoms with Crippen LogP contribution in [0.15, 0.2) is 308 Å². The van der Waals surface area contributed by atoms with Crippen LogP contribution in [-0.2, 0) is 10.8 Å². The first kappa shape index (κ1) is 47.1. The molecule has 0 bridgehead atoms. The second-order valence-electron chi connectivity index (χ2n) is 24.2. The lowest BCUT2D eigenvalue weighted by Gasteiger charge is -2.39. The van der Waals surface area contributed by atoms with Gasteiger partial charge >= 0.3 is 0 Å². The van der Waals surface area contributed by atoms with Crippen molar-refractivity contribution in [2.24, 2.45) is 0 Å².